The van der Waals surface area contributed by atoms with Gasteiger partial charge in [-0.3, -0.25) is 4.79 Å². The third-order valence-electron chi connectivity index (χ3n) is 3.37. The molecule has 0 radical (unpaired) electrons. The predicted molar refractivity (Wildman–Crippen MR) is 91.4 cm³/mol. The maximum Gasteiger partial charge on any atom is 0.408 e. The van der Waals surface area contributed by atoms with Crippen LogP contribution in [-0.2, 0) is 20.9 Å². The normalized spacial score (nSPS) is 12.6. The smallest absolute Gasteiger partial charge is 0.408 e. The summed E-state index contributed by atoms with van der Waals surface area (Å²) in [4.78, 5) is 35.3. The Bertz CT molecular complexity index is 637. The molecule has 0 unspecified atom stereocenters. The highest BCUT2D eigenvalue weighted by molar-refractivity contribution is 5.89. The van der Waals surface area contributed by atoms with E-state index in [2.05, 4.69) is 16.6 Å². The van der Waals surface area contributed by atoms with E-state index in [1.165, 1.54) is 0 Å². The molecule has 25 heavy (non-hydrogen) atoms. The molecule has 134 valence electrons. The minimum absolute atomic E-state index is 0.0634. The van der Waals surface area contributed by atoms with Crippen LogP contribution in [0, 0.1) is 18.3 Å². The van der Waals surface area contributed by atoms with Crippen molar-refractivity contribution in [3.05, 3.63) is 35.9 Å². The van der Waals surface area contributed by atoms with Gasteiger partial charge in [-0.15, -0.1) is 12.3 Å². The number of carboxylic acid groups (broad SMARTS) is 1. The second kappa shape index (κ2) is 9.98. The van der Waals surface area contributed by atoms with Crippen LogP contribution in [0.5, 0.6) is 0 Å². The number of amides is 2. The number of carbonyl (C=O) groups is 3. The third-order valence-corrected chi connectivity index (χ3v) is 3.37. The number of ether oxygens (including phenoxy) is 1. The van der Waals surface area contributed by atoms with Crippen LogP contribution in [0.2, 0.25) is 0 Å². The van der Waals surface area contributed by atoms with Gasteiger partial charge in [-0.1, -0.05) is 44.2 Å². The van der Waals surface area contributed by atoms with Crippen molar-refractivity contribution in [3.8, 4) is 12.3 Å². The lowest BCUT2D eigenvalue weighted by atomic mass is 10.0. The summed E-state index contributed by atoms with van der Waals surface area (Å²) in [6.07, 6.45) is 4.19. The average Bonchev–Trinajstić information content (AvgIpc) is 2.57. The molecule has 0 aliphatic heterocycles. The molecule has 1 aromatic rings. The quantitative estimate of drug-likeness (QED) is 0.619. The Hall–Kier alpha value is -3.01. The molecule has 0 saturated carbocycles. The topological polar surface area (TPSA) is 105 Å². The molecular weight excluding hydrogens is 324 g/mol. The predicted octanol–water partition coefficient (Wildman–Crippen LogP) is 1.53. The van der Waals surface area contributed by atoms with E-state index in [1.54, 1.807) is 26.0 Å². The van der Waals surface area contributed by atoms with Gasteiger partial charge in [-0.2, -0.15) is 0 Å². The molecule has 1 rings (SSSR count). The first kappa shape index (κ1) is 20.0. The van der Waals surface area contributed by atoms with E-state index < -0.39 is 30.1 Å². The molecule has 0 fully saturated rings. The fourth-order valence-electron chi connectivity index (χ4n) is 2.01. The summed E-state index contributed by atoms with van der Waals surface area (Å²) in [5.41, 5.74) is 0.808. The zero-order valence-electron chi connectivity index (χ0n) is 14.2. The Morgan fingerprint density at radius 2 is 1.84 bits per heavy atom. The summed E-state index contributed by atoms with van der Waals surface area (Å²) in [6.45, 7) is 3.51. The minimum Gasteiger partial charge on any atom is -0.480 e. The van der Waals surface area contributed by atoms with Crippen LogP contribution < -0.4 is 10.6 Å². The Labute approximate surface area is 146 Å². The van der Waals surface area contributed by atoms with E-state index in [0.29, 0.717) is 0 Å². The van der Waals surface area contributed by atoms with Crippen molar-refractivity contribution < 1.29 is 24.2 Å². The molecule has 0 aliphatic rings. The van der Waals surface area contributed by atoms with Crippen molar-refractivity contribution in [2.45, 2.75) is 39.0 Å². The first-order chi connectivity index (χ1) is 11.8. The Morgan fingerprint density at radius 3 is 2.36 bits per heavy atom. The summed E-state index contributed by atoms with van der Waals surface area (Å²) >= 11 is 0. The number of rotatable bonds is 8. The molecule has 0 heterocycles. The van der Waals surface area contributed by atoms with Gasteiger partial charge in [0.05, 0.1) is 0 Å². The van der Waals surface area contributed by atoms with Crippen molar-refractivity contribution >= 4 is 18.0 Å². The lowest BCUT2D eigenvalue weighted by molar-refractivity contribution is -0.142. The van der Waals surface area contributed by atoms with Crippen LogP contribution >= 0.6 is 0 Å². The van der Waals surface area contributed by atoms with Gasteiger partial charge in [0.2, 0.25) is 5.91 Å². The highest BCUT2D eigenvalue weighted by Gasteiger charge is 2.28. The standard InChI is InChI=1S/C18H22N2O5/c1-4-8-14(17(22)23)19-16(21)15(12(2)3)20-18(24)25-11-13-9-6-5-7-10-13/h1,5-7,9-10,12,14-15H,8,11H2,2-3H3,(H,19,21)(H,20,24)(H,22,23)/t14-,15+/m1/s1. The maximum absolute atomic E-state index is 12.3. The molecule has 0 aromatic heterocycles. The maximum atomic E-state index is 12.3. The van der Waals surface area contributed by atoms with E-state index in [9.17, 15) is 14.4 Å². The van der Waals surface area contributed by atoms with Crippen LogP contribution in [0.15, 0.2) is 30.3 Å². The summed E-state index contributed by atoms with van der Waals surface area (Å²) < 4.78 is 5.08. The minimum atomic E-state index is -1.24. The number of nitrogens with one attached hydrogen (secondary N) is 2. The number of terminal acetylenes is 1. The zero-order valence-corrected chi connectivity index (χ0v) is 14.2. The van der Waals surface area contributed by atoms with Crippen LogP contribution in [0.1, 0.15) is 25.8 Å². The Morgan fingerprint density at radius 1 is 1.20 bits per heavy atom. The molecule has 2 atom stereocenters. The fourth-order valence-corrected chi connectivity index (χ4v) is 2.01. The van der Waals surface area contributed by atoms with Gasteiger partial charge < -0.3 is 20.5 Å². The number of hydrogen-bond donors (Lipinski definition) is 3. The van der Waals surface area contributed by atoms with E-state index >= 15 is 0 Å². The van der Waals surface area contributed by atoms with Crippen LogP contribution in [0.4, 0.5) is 4.79 Å². The van der Waals surface area contributed by atoms with Crippen LogP contribution in [0.3, 0.4) is 0 Å². The number of alkyl carbamates (subject to hydrolysis) is 1. The van der Waals surface area contributed by atoms with Crippen LogP contribution in [0.25, 0.3) is 0 Å². The molecular formula is C18H22N2O5. The van der Waals surface area contributed by atoms with E-state index in [0.717, 1.165) is 5.56 Å². The van der Waals surface area contributed by atoms with Gasteiger partial charge >= 0.3 is 12.1 Å². The summed E-state index contributed by atoms with van der Waals surface area (Å²) in [5, 5.41) is 13.8. The fraction of sp³-hybridized carbons (Fsp3) is 0.389. The molecule has 0 saturated heterocycles. The number of carboxylic acids is 1. The van der Waals surface area contributed by atoms with Crippen molar-refractivity contribution in [1.82, 2.24) is 10.6 Å². The third kappa shape index (κ3) is 6.96. The largest absolute Gasteiger partial charge is 0.480 e. The van der Waals surface area contributed by atoms with Gasteiger partial charge in [0, 0.05) is 6.42 Å². The Balaban J connectivity index is 2.63. The highest BCUT2D eigenvalue weighted by Crippen LogP contribution is 2.05. The van der Waals surface area contributed by atoms with E-state index in [1.807, 2.05) is 18.2 Å². The molecule has 1 aromatic carbocycles. The monoisotopic (exact) mass is 346 g/mol. The molecule has 0 spiro atoms. The second-order valence-electron chi connectivity index (χ2n) is 5.74. The van der Waals surface area contributed by atoms with Crippen molar-refractivity contribution in [2.24, 2.45) is 5.92 Å². The highest BCUT2D eigenvalue weighted by atomic mass is 16.5. The zero-order chi connectivity index (χ0) is 18.8. The first-order valence-corrected chi connectivity index (χ1v) is 7.79. The molecule has 0 aliphatic carbocycles. The summed E-state index contributed by atoms with van der Waals surface area (Å²) in [5.74, 6) is 0.0548. The molecule has 7 nitrogen and oxygen atoms in total. The molecule has 3 N–H and O–H groups in total. The summed E-state index contributed by atoms with van der Waals surface area (Å²) in [6, 6.07) is 6.94. The lowest BCUT2D eigenvalue weighted by Gasteiger charge is -2.23. The Kier molecular flexibility index (Phi) is 8.00. The average molecular weight is 346 g/mol. The molecule has 7 heteroatoms. The van der Waals surface area contributed by atoms with Gasteiger partial charge in [-0.25, -0.2) is 9.59 Å². The SMILES string of the molecule is C#CC[C@@H](NC(=O)[C@@H](NC(=O)OCc1ccccc1)C(C)C)C(=O)O. The van der Waals surface area contributed by atoms with E-state index in [4.69, 9.17) is 16.3 Å². The van der Waals surface area contributed by atoms with Gasteiger partial charge in [-0.05, 0) is 11.5 Å². The van der Waals surface area contributed by atoms with Gasteiger partial charge in [0.25, 0.3) is 0 Å². The van der Waals surface area contributed by atoms with Gasteiger partial charge in [0.15, 0.2) is 0 Å². The molecule has 0 bridgehead atoms. The second-order valence-corrected chi connectivity index (χ2v) is 5.74. The number of aliphatic carboxylic acids is 1. The molecule has 2 amide bonds. The summed E-state index contributed by atoms with van der Waals surface area (Å²) in [7, 11) is 0. The van der Waals surface area contributed by atoms with Crippen LogP contribution in [-0.4, -0.2) is 35.2 Å². The number of carbonyl (C=O) groups excluding carboxylic acids is 2. The van der Waals surface area contributed by atoms with E-state index in [-0.39, 0.29) is 18.9 Å². The van der Waals surface area contributed by atoms with Crippen molar-refractivity contribution in [3.63, 3.8) is 0 Å². The first-order valence-electron chi connectivity index (χ1n) is 7.79. The van der Waals surface area contributed by atoms with Crippen molar-refractivity contribution in [2.75, 3.05) is 0 Å². The van der Waals surface area contributed by atoms with Gasteiger partial charge in [0.1, 0.15) is 18.7 Å². The lowest BCUT2D eigenvalue weighted by Crippen LogP contribution is -2.53. The number of benzene rings is 1. The van der Waals surface area contributed by atoms with Crippen molar-refractivity contribution in [1.29, 1.82) is 0 Å². The number of hydrogen-bond acceptors (Lipinski definition) is 4.